The van der Waals surface area contributed by atoms with E-state index in [1.807, 2.05) is 24.0 Å². The third kappa shape index (κ3) is 2.48. The molecule has 0 aliphatic heterocycles. The van der Waals surface area contributed by atoms with E-state index in [0.29, 0.717) is 18.2 Å². The van der Waals surface area contributed by atoms with Crippen LogP contribution >= 0.6 is 0 Å². The number of aliphatic hydroxyl groups excluding tert-OH is 1. The largest absolute Gasteiger partial charge is 0.478 e. The van der Waals surface area contributed by atoms with Crippen molar-refractivity contribution in [2.24, 2.45) is 0 Å². The Kier molecular flexibility index (Phi) is 3.87. The summed E-state index contributed by atoms with van der Waals surface area (Å²) in [5, 5.41) is 18.5. The molecule has 98 valence electrons. The zero-order valence-corrected chi connectivity index (χ0v) is 10.6. The van der Waals surface area contributed by atoms with Crippen LogP contribution in [0.3, 0.4) is 0 Å². The van der Waals surface area contributed by atoms with Crippen LogP contribution < -0.4 is 4.90 Å². The minimum absolute atomic E-state index is 0.0451. The quantitative estimate of drug-likeness (QED) is 0.838. The lowest BCUT2D eigenvalue weighted by Gasteiger charge is -2.39. The van der Waals surface area contributed by atoms with Crippen molar-refractivity contribution in [1.82, 2.24) is 0 Å². The molecule has 2 N–H and O–H groups in total. The van der Waals surface area contributed by atoms with Crippen LogP contribution in [-0.4, -0.2) is 35.4 Å². The van der Waals surface area contributed by atoms with Crippen LogP contribution in [0, 0.1) is 6.92 Å². The molecule has 0 radical (unpaired) electrons. The highest BCUT2D eigenvalue weighted by Gasteiger charge is 2.27. The fourth-order valence-corrected chi connectivity index (χ4v) is 2.38. The topological polar surface area (TPSA) is 60.8 Å². The highest BCUT2D eigenvalue weighted by Crippen LogP contribution is 2.31. The van der Waals surface area contributed by atoms with Crippen molar-refractivity contribution in [3.8, 4) is 0 Å². The Hall–Kier alpha value is -1.55. The van der Waals surface area contributed by atoms with Crippen molar-refractivity contribution in [1.29, 1.82) is 0 Å². The fourth-order valence-electron chi connectivity index (χ4n) is 2.38. The van der Waals surface area contributed by atoms with Gasteiger partial charge in [0.15, 0.2) is 0 Å². The maximum atomic E-state index is 11.3. The molecule has 4 heteroatoms. The predicted molar refractivity (Wildman–Crippen MR) is 70.2 cm³/mol. The Morgan fingerprint density at radius 3 is 2.67 bits per heavy atom. The summed E-state index contributed by atoms with van der Waals surface area (Å²) in [6, 6.07) is 5.84. The number of carboxylic acids is 1. The lowest BCUT2D eigenvalue weighted by molar-refractivity contribution is 0.0697. The number of hydrogen-bond donors (Lipinski definition) is 2. The van der Waals surface area contributed by atoms with Gasteiger partial charge in [-0.2, -0.15) is 0 Å². The lowest BCUT2D eigenvalue weighted by atomic mass is 9.90. The number of carboxylic acid groups (broad SMARTS) is 1. The van der Waals surface area contributed by atoms with Crippen molar-refractivity contribution in [2.45, 2.75) is 32.2 Å². The van der Waals surface area contributed by atoms with E-state index in [1.54, 1.807) is 6.07 Å². The number of aryl methyl sites for hydroxylation is 1. The zero-order valence-electron chi connectivity index (χ0n) is 10.6. The van der Waals surface area contributed by atoms with Gasteiger partial charge in [-0.15, -0.1) is 0 Å². The van der Waals surface area contributed by atoms with Crippen LogP contribution in [-0.2, 0) is 0 Å². The molecular formula is C14H19NO3. The summed E-state index contributed by atoms with van der Waals surface area (Å²) in [7, 11) is 0. The second-order valence-corrected chi connectivity index (χ2v) is 4.83. The number of hydrogen-bond acceptors (Lipinski definition) is 3. The van der Waals surface area contributed by atoms with Gasteiger partial charge in [-0.25, -0.2) is 4.79 Å². The molecule has 1 aliphatic rings. The maximum absolute atomic E-state index is 11.3. The van der Waals surface area contributed by atoms with E-state index >= 15 is 0 Å². The number of nitrogens with zero attached hydrogens (tertiary/aromatic N) is 1. The number of aliphatic hydroxyl groups is 1. The number of aromatic carboxylic acids is 1. The Labute approximate surface area is 107 Å². The van der Waals surface area contributed by atoms with Crippen molar-refractivity contribution in [2.75, 3.05) is 18.1 Å². The molecule has 1 aromatic carbocycles. The van der Waals surface area contributed by atoms with E-state index in [9.17, 15) is 9.90 Å². The highest BCUT2D eigenvalue weighted by molar-refractivity contribution is 5.94. The standard InChI is InChI=1S/C14H19NO3/c1-10-5-6-13(12(9-10)14(17)18)15(7-8-16)11-3-2-4-11/h5-6,9,11,16H,2-4,7-8H2,1H3,(H,17,18). The second kappa shape index (κ2) is 5.40. The van der Waals surface area contributed by atoms with Gasteiger partial charge in [0.2, 0.25) is 0 Å². The first-order chi connectivity index (χ1) is 8.63. The molecule has 1 aromatic rings. The number of benzene rings is 1. The normalized spacial score (nSPS) is 15.2. The maximum Gasteiger partial charge on any atom is 0.337 e. The molecule has 2 rings (SSSR count). The molecule has 0 heterocycles. The Balaban J connectivity index is 2.36. The summed E-state index contributed by atoms with van der Waals surface area (Å²) in [5.41, 5.74) is 2.00. The van der Waals surface area contributed by atoms with Gasteiger partial charge in [0.05, 0.1) is 17.9 Å². The minimum Gasteiger partial charge on any atom is -0.478 e. The molecule has 0 bridgehead atoms. The zero-order chi connectivity index (χ0) is 13.1. The van der Waals surface area contributed by atoms with E-state index in [4.69, 9.17) is 5.11 Å². The van der Waals surface area contributed by atoms with Gasteiger partial charge >= 0.3 is 5.97 Å². The van der Waals surface area contributed by atoms with Crippen LogP contribution in [0.25, 0.3) is 0 Å². The molecule has 1 aliphatic carbocycles. The first-order valence-corrected chi connectivity index (χ1v) is 6.35. The molecule has 0 spiro atoms. The van der Waals surface area contributed by atoms with Crippen molar-refractivity contribution in [3.05, 3.63) is 29.3 Å². The second-order valence-electron chi connectivity index (χ2n) is 4.83. The summed E-state index contributed by atoms with van der Waals surface area (Å²) >= 11 is 0. The average molecular weight is 249 g/mol. The van der Waals surface area contributed by atoms with E-state index < -0.39 is 5.97 Å². The van der Waals surface area contributed by atoms with Crippen molar-refractivity contribution in [3.63, 3.8) is 0 Å². The molecule has 0 unspecified atom stereocenters. The lowest BCUT2D eigenvalue weighted by Crippen LogP contribution is -2.42. The van der Waals surface area contributed by atoms with Gasteiger partial charge in [0.1, 0.15) is 0 Å². The summed E-state index contributed by atoms with van der Waals surface area (Å²) in [4.78, 5) is 13.4. The van der Waals surface area contributed by atoms with E-state index in [0.717, 1.165) is 24.1 Å². The summed E-state index contributed by atoms with van der Waals surface area (Å²) in [5.74, 6) is -0.907. The van der Waals surface area contributed by atoms with E-state index in [1.165, 1.54) is 6.42 Å². The summed E-state index contributed by atoms with van der Waals surface area (Å²) in [6.07, 6.45) is 3.33. The van der Waals surface area contributed by atoms with Gasteiger partial charge in [0.25, 0.3) is 0 Å². The molecule has 0 aromatic heterocycles. The Morgan fingerprint density at radius 1 is 1.44 bits per heavy atom. The first kappa shape index (κ1) is 12.9. The molecule has 0 amide bonds. The van der Waals surface area contributed by atoms with Crippen molar-refractivity contribution < 1.29 is 15.0 Å². The Bertz CT molecular complexity index is 441. The van der Waals surface area contributed by atoms with Crippen LogP contribution in [0.1, 0.15) is 35.2 Å². The minimum atomic E-state index is -0.907. The monoisotopic (exact) mass is 249 g/mol. The number of carbonyl (C=O) groups is 1. The fraction of sp³-hybridized carbons (Fsp3) is 0.500. The number of anilines is 1. The highest BCUT2D eigenvalue weighted by atomic mass is 16.4. The van der Waals surface area contributed by atoms with E-state index in [-0.39, 0.29) is 6.61 Å². The average Bonchev–Trinajstić information content (AvgIpc) is 2.26. The molecule has 18 heavy (non-hydrogen) atoms. The van der Waals surface area contributed by atoms with Crippen LogP contribution in [0.4, 0.5) is 5.69 Å². The smallest absolute Gasteiger partial charge is 0.337 e. The van der Waals surface area contributed by atoms with Gasteiger partial charge in [-0.3, -0.25) is 0 Å². The molecule has 4 nitrogen and oxygen atoms in total. The van der Waals surface area contributed by atoms with Crippen LogP contribution in [0.5, 0.6) is 0 Å². The molecule has 1 fully saturated rings. The van der Waals surface area contributed by atoms with Crippen LogP contribution in [0.15, 0.2) is 18.2 Å². The third-order valence-electron chi connectivity index (χ3n) is 3.55. The molecule has 1 saturated carbocycles. The van der Waals surface area contributed by atoms with Crippen molar-refractivity contribution >= 4 is 11.7 Å². The molecule has 0 atom stereocenters. The van der Waals surface area contributed by atoms with Gasteiger partial charge in [-0.05, 0) is 38.3 Å². The van der Waals surface area contributed by atoms with Gasteiger partial charge in [-0.1, -0.05) is 11.6 Å². The predicted octanol–water partition coefficient (Wildman–Crippen LogP) is 2.04. The summed E-state index contributed by atoms with van der Waals surface area (Å²) < 4.78 is 0. The van der Waals surface area contributed by atoms with Crippen LogP contribution in [0.2, 0.25) is 0 Å². The summed E-state index contributed by atoms with van der Waals surface area (Å²) in [6.45, 7) is 2.42. The first-order valence-electron chi connectivity index (χ1n) is 6.35. The molecule has 0 saturated heterocycles. The van der Waals surface area contributed by atoms with Gasteiger partial charge in [0, 0.05) is 12.6 Å². The Morgan fingerprint density at radius 2 is 2.17 bits per heavy atom. The SMILES string of the molecule is Cc1ccc(N(CCO)C2CCC2)c(C(=O)O)c1. The van der Waals surface area contributed by atoms with Gasteiger partial charge < -0.3 is 15.1 Å². The number of rotatable bonds is 5. The van der Waals surface area contributed by atoms with E-state index in [2.05, 4.69) is 0 Å². The third-order valence-corrected chi connectivity index (χ3v) is 3.55. The molecular weight excluding hydrogens is 230 g/mol.